The number of nitrogens with zero attached hydrogens (tertiary/aromatic N) is 4. The third kappa shape index (κ3) is 3.38. The molecule has 1 aliphatic rings. The minimum atomic E-state index is -0.513. The quantitative estimate of drug-likeness (QED) is 0.700. The van der Waals surface area contributed by atoms with Gasteiger partial charge in [0.05, 0.1) is 35.0 Å². The summed E-state index contributed by atoms with van der Waals surface area (Å²) in [5, 5.41) is 6.33. The lowest BCUT2D eigenvalue weighted by atomic mass is 10.1. The van der Waals surface area contributed by atoms with Gasteiger partial charge in [0.15, 0.2) is 0 Å². The van der Waals surface area contributed by atoms with E-state index in [0.29, 0.717) is 23.8 Å². The molecule has 0 aliphatic carbocycles. The van der Waals surface area contributed by atoms with E-state index >= 15 is 0 Å². The van der Waals surface area contributed by atoms with Gasteiger partial charge in [-0.3, -0.25) is 9.67 Å². The van der Waals surface area contributed by atoms with E-state index in [4.69, 9.17) is 27.2 Å². The smallest absolute Gasteiger partial charge is 0.410 e. The number of carbonyl (C=O) groups is 1. The highest BCUT2D eigenvalue weighted by atomic mass is 35.5. The van der Waals surface area contributed by atoms with Crippen molar-refractivity contribution in [3.05, 3.63) is 41.7 Å². The van der Waals surface area contributed by atoms with E-state index in [1.165, 1.54) is 0 Å². The summed E-state index contributed by atoms with van der Waals surface area (Å²) in [6.45, 7) is 6.63. The zero-order chi connectivity index (χ0) is 20.1. The number of aromatic nitrogens is 3. The number of rotatable bonds is 2. The highest BCUT2D eigenvalue weighted by molar-refractivity contribution is 6.30. The van der Waals surface area contributed by atoms with Gasteiger partial charge >= 0.3 is 6.09 Å². The van der Waals surface area contributed by atoms with Crippen LogP contribution in [0.5, 0.6) is 0 Å². The van der Waals surface area contributed by atoms with Gasteiger partial charge in [-0.2, -0.15) is 5.10 Å². The lowest BCUT2D eigenvalue weighted by Gasteiger charge is -2.39. The van der Waals surface area contributed by atoms with Crippen molar-refractivity contribution in [3.8, 4) is 11.3 Å². The van der Waals surface area contributed by atoms with Crippen LogP contribution in [0.25, 0.3) is 22.2 Å². The zero-order valence-electron chi connectivity index (χ0n) is 16.0. The van der Waals surface area contributed by atoms with E-state index in [1.807, 2.05) is 49.7 Å². The van der Waals surface area contributed by atoms with E-state index < -0.39 is 5.60 Å². The summed E-state index contributed by atoms with van der Waals surface area (Å²) >= 11 is 6.02. The van der Waals surface area contributed by atoms with Gasteiger partial charge < -0.3 is 15.4 Å². The number of benzene rings is 1. The Bertz CT molecular complexity index is 1030. The van der Waals surface area contributed by atoms with Gasteiger partial charge in [0.25, 0.3) is 0 Å². The van der Waals surface area contributed by atoms with Gasteiger partial charge in [0, 0.05) is 23.7 Å². The van der Waals surface area contributed by atoms with Crippen LogP contribution < -0.4 is 5.73 Å². The Morgan fingerprint density at radius 3 is 2.54 bits per heavy atom. The van der Waals surface area contributed by atoms with Crippen molar-refractivity contribution in [2.75, 3.05) is 18.8 Å². The van der Waals surface area contributed by atoms with Crippen LogP contribution in [0, 0.1) is 0 Å². The van der Waals surface area contributed by atoms with Gasteiger partial charge in [-0.25, -0.2) is 4.79 Å². The number of hydrogen-bond donors (Lipinski definition) is 1. The summed E-state index contributed by atoms with van der Waals surface area (Å²) < 4.78 is 7.34. The molecule has 0 saturated carbocycles. The Hall–Kier alpha value is -2.80. The van der Waals surface area contributed by atoms with E-state index in [2.05, 4.69) is 4.98 Å². The SMILES string of the molecule is CC(C)(C)OC(=O)N1CC(n2nc(-c3ccc(Cl)cc3)c3c(N)cncc32)C1. The molecule has 0 spiro atoms. The summed E-state index contributed by atoms with van der Waals surface area (Å²) in [4.78, 5) is 18.1. The Balaban J connectivity index is 1.65. The first-order valence-corrected chi connectivity index (χ1v) is 9.46. The summed E-state index contributed by atoms with van der Waals surface area (Å²) in [5.74, 6) is 0. The number of pyridine rings is 1. The fraction of sp³-hybridized carbons (Fsp3) is 0.350. The second-order valence-electron chi connectivity index (χ2n) is 7.96. The first-order chi connectivity index (χ1) is 13.2. The highest BCUT2D eigenvalue weighted by Crippen LogP contribution is 2.35. The molecule has 1 saturated heterocycles. The monoisotopic (exact) mass is 399 g/mol. The molecule has 1 fully saturated rings. The number of amides is 1. The normalized spacial score (nSPS) is 14.9. The standard InChI is InChI=1S/C20H22ClN5O2/c1-20(2,3)28-19(27)25-10-14(11-25)26-16-9-23-8-15(22)17(16)18(24-26)12-4-6-13(21)7-5-12/h4-9,14H,10-11,22H2,1-3H3. The maximum atomic E-state index is 12.2. The molecule has 0 radical (unpaired) electrons. The number of hydrogen-bond acceptors (Lipinski definition) is 5. The Morgan fingerprint density at radius 2 is 1.89 bits per heavy atom. The molecule has 3 aromatic rings. The molecule has 3 heterocycles. The third-order valence-electron chi connectivity index (χ3n) is 4.62. The molecular formula is C20H22ClN5O2. The molecular weight excluding hydrogens is 378 g/mol. The van der Waals surface area contributed by atoms with Gasteiger partial charge in [-0.15, -0.1) is 0 Å². The van der Waals surface area contributed by atoms with Crippen molar-refractivity contribution in [1.82, 2.24) is 19.7 Å². The van der Waals surface area contributed by atoms with Crippen LogP contribution in [0.1, 0.15) is 26.8 Å². The van der Waals surface area contributed by atoms with Crippen LogP contribution in [-0.2, 0) is 4.74 Å². The van der Waals surface area contributed by atoms with E-state index in [0.717, 1.165) is 22.2 Å². The number of fused-ring (bicyclic) bond motifs is 1. The zero-order valence-corrected chi connectivity index (χ0v) is 16.8. The topological polar surface area (TPSA) is 86.3 Å². The number of halogens is 1. The minimum Gasteiger partial charge on any atom is -0.444 e. The Morgan fingerprint density at radius 1 is 1.21 bits per heavy atom. The third-order valence-corrected chi connectivity index (χ3v) is 4.88. The molecule has 8 heteroatoms. The number of ether oxygens (including phenoxy) is 1. The maximum Gasteiger partial charge on any atom is 0.410 e. The number of carbonyl (C=O) groups excluding carboxylic acids is 1. The van der Waals surface area contributed by atoms with Crippen LogP contribution >= 0.6 is 11.6 Å². The van der Waals surface area contributed by atoms with Crippen molar-refractivity contribution in [2.24, 2.45) is 0 Å². The van der Waals surface area contributed by atoms with Gasteiger partial charge in [-0.05, 0) is 32.9 Å². The molecule has 4 rings (SSSR count). The average molecular weight is 400 g/mol. The first-order valence-electron chi connectivity index (χ1n) is 9.08. The molecule has 0 atom stereocenters. The van der Waals surface area contributed by atoms with Crippen LogP contribution in [0.15, 0.2) is 36.7 Å². The second-order valence-corrected chi connectivity index (χ2v) is 8.40. The molecule has 1 aliphatic heterocycles. The molecule has 28 heavy (non-hydrogen) atoms. The molecule has 1 aromatic carbocycles. The number of nitrogens with two attached hydrogens (primary N) is 1. The maximum absolute atomic E-state index is 12.2. The van der Waals surface area contributed by atoms with Crippen molar-refractivity contribution < 1.29 is 9.53 Å². The molecule has 2 N–H and O–H groups in total. The number of nitrogen functional groups attached to an aromatic ring is 1. The fourth-order valence-corrected chi connectivity index (χ4v) is 3.41. The predicted octanol–water partition coefficient (Wildman–Crippen LogP) is 4.13. The number of anilines is 1. The summed E-state index contributed by atoms with van der Waals surface area (Å²) in [7, 11) is 0. The summed E-state index contributed by atoms with van der Waals surface area (Å²) in [6, 6.07) is 7.53. The largest absolute Gasteiger partial charge is 0.444 e. The van der Waals surface area contributed by atoms with E-state index in [-0.39, 0.29) is 12.1 Å². The molecule has 0 bridgehead atoms. The number of likely N-dealkylation sites (tertiary alicyclic amines) is 1. The van der Waals surface area contributed by atoms with Crippen molar-refractivity contribution >= 4 is 34.3 Å². The van der Waals surface area contributed by atoms with Crippen LogP contribution in [0.4, 0.5) is 10.5 Å². The lowest BCUT2D eigenvalue weighted by molar-refractivity contribution is 0.000188. The fourth-order valence-electron chi connectivity index (χ4n) is 3.28. The predicted molar refractivity (Wildman–Crippen MR) is 109 cm³/mol. The van der Waals surface area contributed by atoms with E-state index in [9.17, 15) is 4.79 Å². The second kappa shape index (κ2) is 6.67. The molecule has 146 valence electrons. The van der Waals surface area contributed by atoms with Gasteiger partial charge in [-0.1, -0.05) is 23.7 Å². The van der Waals surface area contributed by atoms with Crippen LogP contribution in [-0.4, -0.2) is 44.4 Å². The van der Waals surface area contributed by atoms with Gasteiger partial charge in [0.2, 0.25) is 0 Å². The molecule has 2 aromatic heterocycles. The average Bonchev–Trinajstić information content (AvgIpc) is 2.93. The highest BCUT2D eigenvalue weighted by Gasteiger charge is 2.36. The minimum absolute atomic E-state index is 0.0414. The molecule has 7 nitrogen and oxygen atoms in total. The van der Waals surface area contributed by atoms with Crippen LogP contribution in [0.3, 0.4) is 0 Å². The van der Waals surface area contributed by atoms with Crippen LogP contribution in [0.2, 0.25) is 5.02 Å². The summed E-state index contributed by atoms with van der Waals surface area (Å²) in [5.41, 5.74) is 8.82. The lowest BCUT2D eigenvalue weighted by Crippen LogP contribution is -2.52. The van der Waals surface area contributed by atoms with E-state index in [1.54, 1.807) is 17.3 Å². The molecule has 0 unspecified atom stereocenters. The van der Waals surface area contributed by atoms with Crippen molar-refractivity contribution in [2.45, 2.75) is 32.4 Å². The van der Waals surface area contributed by atoms with Gasteiger partial charge in [0.1, 0.15) is 11.3 Å². The molecule has 1 amide bonds. The van der Waals surface area contributed by atoms with Crippen molar-refractivity contribution in [3.63, 3.8) is 0 Å². The Kier molecular flexibility index (Phi) is 4.42. The van der Waals surface area contributed by atoms with Crippen molar-refractivity contribution in [1.29, 1.82) is 0 Å². The summed E-state index contributed by atoms with van der Waals surface area (Å²) in [6.07, 6.45) is 3.08. The Labute approximate surface area is 168 Å². The first kappa shape index (κ1) is 18.6.